The van der Waals surface area contributed by atoms with Gasteiger partial charge in [0, 0.05) is 6.42 Å². The van der Waals surface area contributed by atoms with E-state index in [0.717, 1.165) is 11.1 Å². The van der Waals surface area contributed by atoms with E-state index in [9.17, 15) is 29.9 Å². The zero-order valence-corrected chi connectivity index (χ0v) is 19.9. The smallest absolute Gasteiger partial charge is 0.408 e. The molecule has 36 heavy (non-hydrogen) atoms. The molecule has 3 N–H and O–H groups in total. The van der Waals surface area contributed by atoms with E-state index >= 15 is 0 Å². The van der Waals surface area contributed by atoms with Crippen molar-refractivity contribution in [2.24, 2.45) is 0 Å². The Morgan fingerprint density at radius 2 is 1.72 bits per heavy atom. The van der Waals surface area contributed by atoms with Gasteiger partial charge in [-0.25, -0.2) is 14.4 Å². The van der Waals surface area contributed by atoms with Crippen LogP contribution >= 0.6 is 11.9 Å². The number of hydrogen-bond acceptors (Lipinski definition) is 7. The Kier molecular flexibility index (Phi) is 7.70. The topological polar surface area (TPSA) is 136 Å². The number of nitrogens with one attached hydrogen (secondary N) is 1. The average molecular weight is 509 g/mol. The van der Waals surface area contributed by atoms with Gasteiger partial charge < -0.3 is 20.4 Å². The Morgan fingerprint density at radius 3 is 2.33 bits per heavy atom. The molecule has 3 atom stereocenters. The summed E-state index contributed by atoms with van der Waals surface area (Å²) in [4.78, 5) is 36.1. The molecule has 0 spiro atoms. The molecule has 1 aliphatic heterocycles. The summed E-state index contributed by atoms with van der Waals surface area (Å²) in [6.07, 6.45) is -0.996. The molecule has 3 aromatic carbocycles. The molecule has 3 aromatic rings. The lowest BCUT2D eigenvalue weighted by Gasteiger charge is -2.22. The molecule has 1 aliphatic rings. The fourth-order valence-corrected chi connectivity index (χ4v) is 5.00. The lowest BCUT2D eigenvalue weighted by Crippen LogP contribution is -2.42. The van der Waals surface area contributed by atoms with Crippen molar-refractivity contribution < 1.29 is 33.6 Å². The number of rotatable bonds is 8. The van der Waals surface area contributed by atoms with Crippen molar-refractivity contribution in [1.29, 1.82) is 0 Å². The van der Waals surface area contributed by atoms with Crippen molar-refractivity contribution in [2.75, 3.05) is 0 Å². The second-order valence-electron chi connectivity index (χ2n) is 8.30. The number of carboxylic acids is 1. The Hall–Kier alpha value is -3.70. The van der Waals surface area contributed by atoms with Crippen molar-refractivity contribution in [3.05, 3.63) is 101 Å². The SMILES string of the molecule is O=C(N[C@@H](Cc1ccc(C2CC(=O)[N+]([O-])(O)S2)c(-c2ccccc2)c1)C(=O)O)OCc1ccccc1. The highest BCUT2D eigenvalue weighted by atomic mass is 32.2. The van der Waals surface area contributed by atoms with Crippen LogP contribution in [-0.2, 0) is 27.4 Å². The molecule has 186 valence electrons. The van der Waals surface area contributed by atoms with Gasteiger partial charge in [-0.3, -0.25) is 0 Å². The van der Waals surface area contributed by atoms with Crippen LogP contribution < -0.4 is 5.32 Å². The third-order valence-electron chi connectivity index (χ3n) is 5.74. The van der Waals surface area contributed by atoms with Crippen LogP contribution in [0.5, 0.6) is 0 Å². The number of ether oxygens (including phenoxy) is 1. The van der Waals surface area contributed by atoms with Gasteiger partial charge >= 0.3 is 18.0 Å². The van der Waals surface area contributed by atoms with Crippen LogP contribution in [0.25, 0.3) is 11.1 Å². The number of hydroxylamine groups is 2. The fourth-order valence-electron chi connectivity index (χ4n) is 3.93. The van der Waals surface area contributed by atoms with Gasteiger partial charge in [-0.1, -0.05) is 83.1 Å². The Morgan fingerprint density at radius 1 is 1.06 bits per heavy atom. The van der Waals surface area contributed by atoms with Gasteiger partial charge in [-0.15, -0.1) is 0 Å². The van der Waals surface area contributed by atoms with Crippen LogP contribution in [-0.4, -0.2) is 38.5 Å². The lowest BCUT2D eigenvalue weighted by molar-refractivity contribution is -0.880. The molecular formula is C26H24N2O7S. The summed E-state index contributed by atoms with van der Waals surface area (Å²) in [5.41, 5.74) is 3.58. The Balaban J connectivity index is 1.53. The zero-order valence-electron chi connectivity index (χ0n) is 19.1. The van der Waals surface area contributed by atoms with Gasteiger partial charge in [-0.2, -0.15) is 5.21 Å². The fraction of sp³-hybridized carbons (Fsp3) is 0.192. The molecular weight excluding hydrogens is 484 g/mol. The van der Waals surface area contributed by atoms with Crippen LogP contribution in [0.2, 0.25) is 0 Å². The molecule has 9 nitrogen and oxygen atoms in total. The zero-order chi connectivity index (χ0) is 25.7. The third kappa shape index (κ3) is 6.10. The third-order valence-corrected chi connectivity index (χ3v) is 6.90. The van der Waals surface area contributed by atoms with Gasteiger partial charge in [0.05, 0.1) is 6.42 Å². The molecule has 0 aromatic heterocycles. The van der Waals surface area contributed by atoms with Crippen molar-refractivity contribution in [3.8, 4) is 11.1 Å². The van der Waals surface area contributed by atoms with E-state index in [-0.39, 0.29) is 19.4 Å². The first-order chi connectivity index (χ1) is 17.2. The standard InChI is InChI=1S/C26H24N2O7S/c29-24-15-23(36-28(24,33)34)20-12-11-18(13-21(20)19-9-5-2-6-10-19)14-22(25(30)31)27-26(32)35-16-17-7-3-1-4-8-17/h1-13,22-23,33H,14-16H2,(H,27,32)(H,30,31)/t22-,23?/m0/s1. The molecule has 2 unspecified atom stereocenters. The molecule has 1 saturated heterocycles. The molecule has 0 aliphatic carbocycles. The van der Waals surface area contributed by atoms with E-state index < -0.39 is 33.5 Å². The lowest BCUT2D eigenvalue weighted by atomic mass is 9.92. The summed E-state index contributed by atoms with van der Waals surface area (Å²) >= 11 is 0.595. The van der Waals surface area contributed by atoms with Crippen LogP contribution in [0.4, 0.5) is 4.79 Å². The normalized spacial score (nSPS) is 20.1. The maximum atomic E-state index is 12.2. The molecule has 0 bridgehead atoms. The molecule has 10 heteroatoms. The minimum atomic E-state index is -1.99. The van der Waals surface area contributed by atoms with E-state index in [4.69, 9.17) is 4.74 Å². The van der Waals surface area contributed by atoms with Gasteiger partial charge in [-0.05, 0) is 27.8 Å². The molecule has 0 saturated carbocycles. The minimum absolute atomic E-state index is 0.00815. The van der Waals surface area contributed by atoms with E-state index in [1.165, 1.54) is 0 Å². The predicted octanol–water partition coefficient (Wildman–Crippen LogP) is 4.60. The highest BCUT2D eigenvalue weighted by molar-refractivity contribution is 7.94. The number of quaternary nitrogens is 1. The van der Waals surface area contributed by atoms with Crippen molar-refractivity contribution in [3.63, 3.8) is 0 Å². The number of carbonyl (C=O) groups excluding carboxylic acids is 2. The number of carbonyl (C=O) groups is 3. The van der Waals surface area contributed by atoms with Gasteiger partial charge in [0.15, 0.2) is 0 Å². The van der Waals surface area contributed by atoms with E-state index in [2.05, 4.69) is 5.32 Å². The minimum Gasteiger partial charge on any atom is -0.579 e. The first kappa shape index (κ1) is 25.4. The highest BCUT2D eigenvalue weighted by Gasteiger charge is 2.44. The van der Waals surface area contributed by atoms with Crippen LogP contribution in [0.15, 0.2) is 78.9 Å². The Bertz CT molecular complexity index is 1250. The highest BCUT2D eigenvalue weighted by Crippen LogP contribution is 2.48. The van der Waals surface area contributed by atoms with E-state index in [0.29, 0.717) is 28.6 Å². The molecule has 4 rings (SSSR count). The van der Waals surface area contributed by atoms with Crippen molar-refractivity contribution in [1.82, 2.24) is 5.32 Å². The summed E-state index contributed by atoms with van der Waals surface area (Å²) < 4.78 is 3.16. The van der Waals surface area contributed by atoms with Gasteiger partial charge in [0.2, 0.25) is 0 Å². The maximum Gasteiger partial charge on any atom is 0.408 e. The summed E-state index contributed by atoms with van der Waals surface area (Å²) in [5, 5.41) is 33.3. The van der Waals surface area contributed by atoms with Crippen molar-refractivity contribution >= 4 is 29.9 Å². The van der Waals surface area contributed by atoms with Crippen LogP contribution in [0, 0.1) is 5.21 Å². The number of alkyl carbamates (subject to hydrolysis) is 1. The number of carboxylic acid groups (broad SMARTS) is 1. The molecule has 1 heterocycles. The maximum absolute atomic E-state index is 12.2. The quantitative estimate of drug-likeness (QED) is 0.174. The number of aliphatic carboxylic acids is 1. The summed E-state index contributed by atoms with van der Waals surface area (Å²) in [5.74, 6) is -2.06. The van der Waals surface area contributed by atoms with E-state index in [1.54, 1.807) is 42.5 Å². The Labute approximate surface area is 211 Å². The number of benzene rings is 3. The molecule has 2 amide bonds. The first-order valence-electron chi connectivity index (χ1n) is 11.2. The molecule has 1 fully saturated rings. The summed E-state index contributed by atoms with van der Waals surface area (Å²) in [6.45, 7) is 0.00815. The first-order valence-corrected chi connectivity index (χ1v) is 12.0. The summed E-state index contributed by atoms with van der Waals surface area (Å²) in [6, 6.07) is 22.2. The van der Waals surface area contributed by atoms with E-state index in [1.807, 2.05) is 36.4 Å². The largest absolute Gasteiger partial charge is 0.579 e. The van der Waals surface area contributed by atoms with Crippen molar-refractivity contribution in [2.45, 2.75) is 30.7 Å². The monoisotopic (exact) mass is 508 g/mol. The van der Waals surface area contributed by atoms with Gasteiger partial charge in [0.1, 0.15) is 29.8 Å². The number of amides is 2. The second kappa shape index (κ2) is 10.9. The average Bonchev–Trinajstić information content (AvgIpc) is 3.15. The van der Waals surface area contributed by atoms with Crippen LogP contribution in [0.3, 0.4) is 0 Å². The number of nitrogens with zero attached hydrogens (tertiary/aromatic N) is 1. The number of hydrogen-bond donors (Lipinski definition) is 3. The summed E-state index contributed by atoms with van der Waals surface area (Å²) in [7, 11) is 0. The molecule has 0 radical (unpaired) electrons. The second-order valence-corrected chi connectivity index (χ2v) is 9.58. The van der Waals surface area contributed by atoms with Gasteiger partial charge in [0.25, 0.3) is 0 Å². The van der Waals surface area contributed by atoms with Crippen LogP contribution in [0.1, 0.15) is 28.4 Å². The predicted molar refractivity (Wildman–Crippen MR) is 132 cm³/mol.